The molecule has 1 heterocycles. The number of piperidine rings is 1. The standard InChI is InChI=1S/C11H22N2OS/c1-2-13-6-3-10(4-7-13)9-12-11(14)5-8-15/h10,15H,2-9H2,1H3,(H,12,14). The third-order valence-corrected chi connectivity index (χ3v) is 3.30. The zero-order valence-corrected chi connectivity index (χ0v) is 10.4. The lowest BCUT2D eigenvalue weighted by molar-refractivity contribution is -0.120. The van der Waals surface area contributed by atoms with Gasteiger partial charge in [-0.05, 0) is 44.1 Å². The Labute approximate surface area is 98.0 Å². The number of hydrogen-bond acceptors (Lipinski definition) is 3. The van der Waals surface area contributed by atoms with E-state index in [1.807, 2.05) is 0 Å². The number of likely N-dealkylation sites (tertiary alicyclic amines) is 1. The maximum atomic E-state index is 11.2. The lowest BCUT2D eigenvalue weighted by Gasteiger charge is -2.31. The van der Waals surface area contributed by atoms with Crippen molar-refractivity contribution in [2.24, 2.45) is 5.92 Å². The molecule has 1 amide bonds. The first kappa shape index (κ1) is 12.8. The van der Waals surface area contributed by atoms with Crippen LogP contribution in [-0.2, 0) is 4.79 Å². The summed E-state index contributed by atoms with van der Waals surface area (Å²) in [5, 5.41) is 2.98. The average molecular weight is 230 g/mol. The molecule has 1 N–H and O–H groups in total. The van der Waals surface area contributed by atoms with Crippen LogP contribution in [0.2, 0.25) is 0 Å². The Hall–Kier alpha value is -0.220. The minimum absolute atomic E-state index is 0.142. The van der Waals surface area contributed by atoms with Crippen LogP contribution in [0.4, 0.5) is 0 Å². The van der Waals surface area contributed by atoms with Crippen LogP contribution in [0.1, 0.15) is 26.2 Å². The molecule has 0 unspecified atom stereocenters. The molecule has 88 valence electrons. The molecule has 15 heavy (non-hydrogen) atoms. The number of rotatable bonds is 5. The van der Waals surface area contributed by atoms with Crippen molar-refractivity contribution in [3.8, 4) is 0 Å². The molecule has 0 atom stereocenters. The van der Waals surface area contributed by atoms with Crippen molar-refractivity contribution in [2.45, 2.75) is 26.2 Å². The van der Waals surface area contributed by atoms with Gasteiger partial charge >= 0.3 is 0 Å². The second-order valence-corrected chi connectivity index (χ2v) is 4.60. The molecule has 1 saturated heterocycles. The van der Waals surface area contributed by atoms with E-state index in [1.54, 1.807) is 0 Å². The zero-order chi connectivity index (χ0) is 11.1. The normalized spacial score (nSPS) is 19.1. The van der Waals surface area contributed by atoms with Gasteiger partial charge in [0.15, 0.2) is 0 Å². The predicted octanol–water partition coefficient (Wildman–Crippen LogP) is 1.15. The van der Waals surface area contributed by atoms with Crippen LogP contribution < -0.4 is 5.32 Å². The number of hydrogen-bond donors (Lipinski definition) is 2. The Morgan fingerprint density at radius 1 is 1.47 bits per heavy atom. The summed E-state index contributed by atoms with van der Waals surface area (Å²) >= 11 is 4.04. The highest BCUT2D eigenvalue weighted by molar-refractivity contribution is 7.80. The largest absolute Gasteiger partial charge is 0.356 e. The lowest BCUT2D eigenvalue weighted by Crippen LogP contribution is -2.38. The van der Waals surface area contributed by atoms with Crippen LogP contribution in [0.3, 0.4) is 0 Å². The van der Waals surface area contributed by atoms with Gasteiger partial charge < -0.3 is 10.2 Å². The van der Waals surface area contributed by atoms with Crippen LogP contribution in [-0.4, -0.2) is 42.7 Å². The van der Waals surface area contributed by atoms with Crippen LogP contribution in [0.25, 0.3) is 0 Å². The van der Waals surface area contributed by atoms with Crippen molar-refractivity contribution in [2.75, 3.05) is 31.9 Å². The summed E-state index contributed by atoms with van der Waals surface area (Å²) in [7, 11) is 0. The number of amides is 1. The first-order valence-corrected chi connectivity index (χ1v) is 6.49. The Morgan fingerprint density at radius 2 is 2.13 bits per heavy atom. The van der Waals surface area contributed by atoms with Crippen LogP contribution in [0, 0.1) is 5.92 Å². The Bertz CT molecular complexity index is 191. The van der Waals surface area contributed by atoms with Crippen molar-refractivity contribution in [1.29, 1.82) is 0 Å². The number of nitrogens with zero attached hydrogens (tertiary/aromatic N) is 1. The van der Waals surface area contributed by atoms with Crippen LogP contribution >= 0.6 is 12.6 Å². The second kappa shape index (κ2) is 7.12. The molecular formula is C11H22N2OS. The highest BCUT2D eigenvalue weighted by Crippen LogP contribution is 2.15. The molecule has 0 aromatic rings. The minimum atomic E-state index is 0.142. The highest BCUT2D eigenvalue weighted by Gasteiger charge is 2.18. The van der Waals surface area contributed by atoms with E-state index in [0.29, 0.717) is 18.1 Å². The van der Waals surface area contributed by atoms with E-state index in [-0.39, 0.29) is 5.91 Å². The van der Waals surface area contributed by atoms with Crippen molar-refractivity contribution >= 4 is 18.5 Å². The first-order valence-electron chi connectivity index (χ1n) is 5.86. The molecule has 3 nitrogen and oxygen atoms in total. The third-order valence-electron chi connectivity index (χ3n) is 3.08. The maximum Gasteiger partial charge on any atom is 0.220 e. The highest BCUT2D eigenvalue weighted by atomic mass is 32.1. The Balaban J connectivity index is 2.10. The van der Waals surface area contributed by atoms with Gasteiger partial charge in [-0.2, -0.15) is 12.6 Å². The van der Waals surface area contributed by atoms with E-state index in [9.17, 15) is 4.79 Å². The van der Waals surface area contributed by atoms with Gasteiger partial charge in [-0.3, -0.25) is 4.79 Å². The third kappa shape index (κ3) is 4.89. The monoisotopic (exact) mass is 230 g/mol. The predicted molar refractivity (Wildman–Crippen MR) is 66.3 cm³/mol. The molecule has 0 saturated carbocycles. The maximum absolute atomic E-state index is 11.2. The van der Waals surface area contributed by atoms with E-state index in [1.165, 1.54) is 25.9 Å². The summed E-state index contributed by atoms with van der Waals surface area (Å²) in [6, 6.07) is 0. The van der Waals surface area contributed by atoms with E-state index in [0.717, 1.165) is 13.1 Å². The molecule has 0 aliphatic carbocycles. The summed E-state index contributed by atoms with van der Waals surface area (Å²) in [6.07, 6.45) is 2.97. The summed E-state index contributed by atoms with van der Waals surface area (Å²) in [5.74, 6) is 1.46. The van der Waals surface area contributed by atoms with Gasteiger partial charge in [-0.15, -0.1) is 0 Å². The van der Waals surface area contributed by atoms with E-state index in [4.69, 9.17) is 0 Å². The van der Waals surface area contributed by atoms with Crippen molar-refractivity contribution in [3.63, 3.8) is 0 Å². The Morgan fingerprint density at radius 3 is 2.67 bits per heavy atom. The number of carbonyl (C=O) groups excluding carboxylic acids is 1. The molecule has 4 heteroatoms. The average Bonchev–Trinajstić information content (AvgIpc) is 2.27. The summed E-state index contributed by atoms with van der Waals surface area (Å²) < 4.78 is 0. The smallest absolute Gasteiger partial charge is 0.220 e. The van der Waals surface area contributed by atoms with Gasteiger partial charge in [0, 0.05) is 13.0 Å². The Kier molecular flexibility index (Phi) is 6.10. The van der Waals surface area contributed by atoms with Gasteiger partial charge in [-0.25, -0.2) is 0 Å². The molecule has 1 rings (SSSR count). The molecular weight excluding hydrogens is 208 g/mol. The van der Waals surface area contributed by atoms with Gasteiger partial charge in [-0.1, -0.05) is 6.92 Å². The van der Waals surface area contributed by atoms with Gasteiger partial charge in [0.25, 0.3) is 0 Å². The molecule has 1 aliphatic rings. The molecule has 0 aromatic heterocycles. The molecule has 0 spiro atoms. The molecule has 1 fully saturated rings. The molecule has 1 aliphatic heterocycles. The van der Waals surface area contributed by atoms with Gasteiger partial charge in [0.1, 0.15) is 0 Å². The zero-order valence-electron chi connectivity index (χ0n) is 9.54. The van der Waals surface area contributed by atoms with Crippen LogP contribution in [0.5, 0.6) is 0 Å². The number of thiol groups is 1. The van der Waals surface area contributed by atoms with Crippen molar-refractivity contribution < 1.29 is 4.79 Å². The fraction of sp³-hybridized carbons (Fsp3) is 0.909. The topological polar surface area (TPSA) is 32.3 Å². The molecule has 0 radical (unpaired) electrons. The fourth-order valence-electron chi connectivity index (χ4n) is 1.95. The van der Waals surface area contributed by atoms with Gasteiger partial charge in [0.05, 0.1) is 0 Å². The summed E-state index contributed by atoms with van der Waals surface area (Å²) in [5.41, 5.74) is 0. The minimum Gasteiger partial charge on any atom is -0.356 e. The van der Waals surface area contributed by atoms with E-state index < -0.39 is 0 Å². The van der Waals surface area contributed by atoms with E-state index in [2.05, 4.69) is 29.8 Å². The van der Waals surface area contributed by atoms with Crippen molar-refractivity contribution in [1.82, 2.24) is 10.2 Å². The SMILES string of the molecule is CCN1CCC(CNC(=O)CCS)CC1. The van der Waals surface area contributed by atoms with Gasteiger partial charge in [0.2, 0.25) is 5.91 Å². The van der Waals surface area contributed by atoms with Crippen LogP contribution in [0.15, 0.2) is 0 Å². The molecule has 0 bridgehead atoms. The fourth-order valence-corrected chi connectivity index (χ4v) is 2.16. The quantitative estimate of drug-likeness (QED) is 0.695. The lowest BCUT2D eigenvalue weighted by atomic mass is 9.97. The second-order valence-electron chi connectivity index (χ2n) is 4.16. The number of nitrogens with one attached hydrogen (secondary N) is 1. The summed E-state index contributed by atoms with van der Waals surface area (Å²) in [4.78, 5) is 13.7. The molecule has 0 aromatic carbocycles. The van der Waals surface area contributed by atoms with E-state index >= 15 is 0 Å². The first-order chi connectivity index (χ1) is 7.26. The van der Waals surface area contributed by atoms with Crippen molar-refractivity contribution in [3.05, 3.63) is 0 Å². The summed E-state index contributed by atoms with van der Waals surface area (Å²) in [6.45, 7) is 6.57. The number of carbonyl (C=O) groups is 1.